The second kappa shape index (κ2) is 7.28. The topological polar surface area (TPSA) is 74.2 Å². The Labute approximate surface area is 124 Å². The summed E-state index contributed by atoms with van der Waals surface area (Å²) in [5.41, 5.74) is 2.07. The number of carbonyl (C=O) groups is 1. The number of pyridine rings is 1. The van der Waals surface area contributed by atoms with Crippen molar-refractivity contribution in [1.82, 2.24) is 15.6 Å². The van der Waals surface area contributed by atoms with Crippen molar-refractivity contribution in [2.75, 3.05) is 0 Å². The molecule has 0 radical (unpaired) electrons. The molecule has 21 heavy (non-hydrogen) atoms. The van der Waals surface area contributed by atoms with Crippen molar-refractivity contribution in [1.29, 1.82) is 0 Å². The van der Waals surface area contributed by atoms with Crippen LogP contribution in [0.3, 0.4) is 0 Å². The van der Waals surface area contributed by atoms with E-state index in [2.05, 4.69) is 15.6 Å². The largest absolute Gasteiger partial charge is 0.508 e. The van der Waals surface area contributed by atoms with E-state index in [4.69, 9.17) is 0 Å². The molecule has 0 spiro atoms. The lowest BCUT2D eigenvalue weighted by Crippen LogP contribution is -2.41. The quantitative estimate of drug-likeness (QED) is 0.788. The number of nitrogens with zero attached hydrogens (tertiary/aromatic N) is 1. The van der Waals surface area contributed by atoms with Crippen molar-refractivity contribution < 1.29 is 9.90 Å². The standard InChI is InChI=1S/C16H19N3O2/c1-12(10-13-2-4-15(20)5-3-13)19-16(21)18-11-14-6-8-17-9-7-14/h2-9,12,20H,10-11H2,1H3,(H2,18,19,21). The lowest BCUT2D eigenvalue weighted by molar-refractivity contribution is 0.237. The van der Waals surface area contributed by atoms with E-state index in [0.29, 0.717) is 13.0 Å². The maximum Gasteiger partial charge on any atom is 0.315 e. The van der Waals surface area contributed by atoms with Gasteiger partial charge in [-0.15, -0.1) is 0 Å². The van der Waals surface area contributed by atoms with Crippen LogP contribution in [0.2, 0.25) is 0 Å². The number of rotatable bonds is 5. The molecule has 5 nitrogen and oxygen atoms in total. The van der Waals surface area contributed by atoms with Gasteiger partial charge in [-0.3, -0.25) is 4.98 Å². The highest BCUT2D eigenvalue weighted by molar-refractivity contribution is 5.74. The summed E-state index contributed by atoms with van der Waals surface area (Å²) >= 11 is 0. The number of aromatic nitrogens is 1. The van der Waals surface area contributed by atoms with E-state index in [0.717, 1.165) is 11.1 Å². The molecule has 110 valence electrons. The maximum atomic E-state index is 11.8. The van der Waals surface area contributed by atoms with Gasteiger partial charge in [0.25, 0.3) is 0 Å². The van der Waals surface area contributed by atoms with Crippen LogP contribution < -0.4 is 10.6 Å². The summed E-state index contributed by atoms with van der Waals surface area (Å²) in [5.74, 6) is 0.245. The molecule has 1 atom stereocenters. The average Bonchev–Trinajstić information content (AvgIpc) is 2.48. The summed E-state index contributed by atoms with van der Waals surface area (Å²) in [7, 11) is 0. The van der Waals surface area contributed by atoms with Gasteiger partial charge in [-0.1, -0.05) is 12.1 Å². The Morgan fingerprint density at radius 3 is 2.48 bits per heavy atom. The Morgan fingerprint density at radius 1 is 1.14 bits per heavy atom. The fourth-order valence-electron chi connectivity index (χ4n) is 1.99. The molecule has 0 aliphatic heterocycles. The Bertz CT molecular complexity index is 570. The van der Waals surface area contributed by atoms with E-state index < -0.39 is 0 Å². The van der Waals surface area contributed by atoms with Crippen LogP contribution in [0.5, 0.6) is 5.75 Å². The zero-order valence-corrected chi connectivity index (χ0v) is 11.9. The van der Waals surface area contributed by atoms with E-state index in [1.54, 1.807) is 24.5 Å². The highest BCUT2D eigenvalue weighted by Gasteiger charge is 2.07. The Balaban J connectivity index is 1.75. The number of benzene rings is 1. The molecule has 2 amide bonds. The first-order valence-corrected chi connectivity index (χ1v) is 6.84. The summed E-state index contributed by atoms with van der Waals surface area (Å²) in [6, 6.07) is 10.5. The van der Waals surface area contributed by atoms with E-state index >= 15 is 0 Å². The van der Waals surface area contributed by atoms with Gasteiger partial charge in [0.15, 0.2) is 0 Å². The predicted octanol–water partition coefficient (Wildman–Crippen LogP) is 2.22. The zero-order valence-electron chi connectivity index (χ0n) is 11.9. The smallest absolute Gasteiger partial charge is 0.315 e. The van der Waals surface area contributed by atoms with Gasteiger partial charge in [-0.05, 0) is 48.7 Å². The third kappa shape index (κ3) is 5.14. The first-order chi connectivity index (χ1) is 10.1. The number of hydrogen-bond donors (Lipinski definition) is 3. The maximum absolute atomic E-state index is 11.8. The highest BCUT2D eigenvalue weighted by atomic mass is 16.3. The number of urea groups is 1. The minimum atomic E-state index is -0.196. The van der Waals surface area contributed by atoms with Crippen LogP contribution >= 0.6 is 0 Å². The number of phenols is 1. The van der Waals surface area contributed by atoms with Gasteiger partial charge in [-0.25, -0.2) is 4.79 Å². The number of amides is 2. The fourth-order valence-corrected chi connectivity index (χ4v) is 1.99. The van der Waals surface area contributed by atoms with Crippen LogP contribution in [-0.4, -0.2) is 22.2 Å². The fraction of sp³-hybridized carbons (Fsp3) is 0.250. The lowest BCUT2D eigenvalue weighted by Gasteiger charge is -2.15. The molecule has 0 bridgehead atoms. The van der Waals surface area contributed by atoms with Gasteiger partial charge in [0.2, 0.25) is 0 Å². The molecule has 0 saturated carbocycles. The molecule has 1 aromatic carbocycles. The monoisotopic (exact) mass is 285 g/mol. The summed E-state index contributed by atoms with van der Waals surface area (Å²) < 4.78 is 0. The third-order valence-corrected chi connectivity index (χ3v) is 3.06. The molecule has 0 saturated heterocycles. The number of phenolic OH excluding ortho intramolecular Hbond substituents is 1. The summed E-state index contributed by atoms with van der Waals surface area (Å²) in [5, 5.41) is 14.9. The van der Waals surface area contributed by atoms with Gasteiger partial charge >= 0.3 is 6.03 Å². The Hall–Kier alpha value is -2.56. The van der Waals surface area contributed by atoms with Gasteiger partial charge in [0.05, 0.1) is 0 Å². The van der Waals surface area contributed by atoms with Crippen LogP contribution in [0.15, 0.2) is 48.8 Å². The van der Waals surface area contributed by atoms with E-state index in [9.17, 15) is 9.90 Å². The zero-order chi connectivity index (χ0) is 15.1. The molecular formula is C16H19N3O2. The Kier molecular flexibility index (Phi) is 5.15. The Morgan fingerprint density at radius 2 is 1.81 bits per heavy atom. The molecule has 1 heterocycles. The van der Waals surface area contributed by atoms with Crippen molar-refractivity contribution in [2.24, 2.45) is 0 Å². The van der Waals surface area contributed by atoms with Crippen LogP contribution in [0.4, 0.5) is 4.79 Å². The number of hydrogen-bond acceptors (Lipinski definition) is 3. The van der Waals surface area contributed by atoms with Gasteiger partial charge in [0.1, 0.15) is 5.75 Å². The van der Waals surface area contributed by atoms with E-state index in [1.807, 2.05) is 31.2 Å². The van der Waals surface area contributed by atoms with Gasteiger partial charge < -0.3 is 15.7 Å². The molecule has 3 N–H and O–H groups in total. The minimum absolute atomic E-state index is 0.00647. The van der Waals surface area contributed by atoms with E-state index in [-0.39, 0.29) is 17.8 Å². The SMILES string of the molecule is CC(Cc1ccc(O)cc1)NC(=O)NCc1ccncc1. The summed E-state index contributed by atoms with van der Waals surface area (Å²) in [4.78, 5) is 15.7. The molecule has 2 aromatic rings. The van der Waals surface area contributed by atoms with Gasteiger partial charge in [-0.2, -0.15) is 0 Å². The molecule has 1 unspecified atom stereocenters. The molecular weight excluding hydrogens is 266 g/mol. The number of nitrogens with one attached hydrogen (secondary N) is 2. The second-order valence-corrected chi connectivity index (χ2v) is 4.95. The lowest BCUT2D eigenvalue weighted by atomic mass is 10.1. The second-order valence-electron chi connectivity index (χ2n) is 4.95. The molecule has 0 aliphatic rings. The van der Waals surface area contributed by atoms with Crippen LogP contribution in [-0.2, 0) is 13.0 Å². The first-order valence-electron chi connectivity index (χ1n) is 6.84. The van der Waals surface area contributed by atoms with E-state index in [1.165, 1.54) is 0 Å². The average molecular weight is 285 g/mol. The highest BCUT2D eigenvalue weighted by Crippen LogP contribution is 2.11. The minimum Gasteiger partial charge on any atom is -0.508 e. The molecule has 0 aliphatic carbocycles. The summed E-state index contributed by atoms with van der Waals surface area (Å²) in [6.07, 6.45) is 4.10. The van der Waals surface area contributed by atoms with Crippen molar-refractivity contribution >= 4 is 6.03 Å². The predicted molar refractivity (Wildman–Crippen MR) is 80.9 cm³/mol. The van der Waals surface area contributed by atoms with Crippen LogP contribution in [0.1, 0.15) is 18.1 Å². The summed E-state index contributed by atoms with van der Waals surface area (Å²) in [6.45, 7) is 2.42. The van der Waals surface area contributed by atoms with Crippen molar-refractivity contribution in [3.8, 4) is 5.75 Å². The van der Waals surface area contributed by atoms with Crippen LogP contribution in [0.25, 0.3) is 0 Å². The molecule has 5 heteroatoms. The van der Waals surface area contributed by atoms with Crippen molar-refractivity contribution in [3.63, 3.8) is 0 Å². The normalized spacial score (nSPS) is 11.7. The van der Waals surface area contributed by atoms with Crippen LogP contribution in [0, 0.1) is 0 Å². The first kappa shape index (κ1) is 14.8. The van der Waals surface area contributed by atoms with Crippen molar-refractivity contribution in [3.05, 3.63) is 59.9 Å². The molecule has 2 rings (SSSR count). The van der Waals surface area contributed by atoms with Crippen molar-refractivity contribution in [2.45, 2.75) is 25.9 Å². The molecule has 0 fully saturated rings. The van der Waals surface area contributed by atoms with Gasteiger partial charge in [0, 0.05) is 25.0 Å². The third-order valence-electron chi connectivity index (χ3n) is 3.06. The number of carbonyl (C=O) groups excluding carboxylic acids is 1. The number of aromatic hydroxyl groups is 1. The molecule has 1 aromatic heterocycles.